The molecule has 39 heavy (non-hydrogen) atoms. The van der Waals surface area contributed by atoms with E-state index in [9.17, 15) is 4.79 Å². The lowest BCUT2D eigenvalue weighted by atomic mass is 9.55. The van der Waals surface area contributed by atoms with Gasteiger partial charge in [0, 0.05) is 23.7 Å². The molecule has 2 heteroatoms. The molecule has 1 spiro atoms. The van der Waals surface area contributed by atoms with Crippen LogP contribution in [0.1, 0.15) is 52.9 Å². The van der Waals surface area contributed by atoms with Gasteiger partial charge in [-0.2, -0.15) is 0 Å². The van der Waals surface area contributed by atoms with Crippen molar-refractivity contribution in [3.63, 3.8) is 0 Å². The van der Waals surface area contributed by atoms with E-state index in [1.54, 1.807) is 0 Å². The topological polar surface area (TPSA) is 20.3 Å². The molecule has 1 aliphatic carbocycles. The number of para-hydroxylation sites is 1. The number of hydrogen-bond acceptors (Lipinski definition) is 2. The molecule has 0 fully saturated rings. The molecule has 0 amide bonds. The van der Waals surface area contributed by atoms with Crippen molar-refractivity contribution < 1.29 is 4.79 Å². The van der Waals surface area contributed by atoms with Gasteiger partial charge in [-0.1, -0.05) is 123 Å². The number of carbonyl (C=O) groups is 1. The van der Waals surface area contributed by atoms with Gasteiger partial charge in [-0.25, -0.2) is 0 Å². The lowest BCUT2D eigenvalue weighted by molar-refractivity contribution is 0.0877. The molecule has 1 aliphatic heterocycles. The Labute approximate surface area is 232 Å². The molecule has 0 bridgehead atoms. The van der Waals surface area contributed by atoms with Gasteiger partial charge in [-0.05, 0) is 59.4 Å². The molecule has 194 valence electrons. The lowest BCUT2D eigenvalue weighted by Gasteiger charge is -2.53. The smallest absolute Gasteiger partial charge is 0.173 e. The monoisotopic (exact) mass is 509 g/mol. The van der Waals surface area contributed by atoms with Crippen LogP contribution in [-0.2, 0) is 5.41 Å². The predicted octanol–water partition coefficient (Wildman–Crippen LogP) is 8.53. The average molecular weight is 510 g/mol. The first kappa shape index (κ1) is 25.1. The van der Waals surface area contributed by atoms with E-state index >= 15 is 0 Å². The number of anilines is 1. The summed E-state index contributed by atoms with van der Waals surface area (Å²) in [7, 11) is 2.18. The van der Waals surface area contributed by atoms with Gasteiger partial charge < -0.3 is 4.90 Å². The highest BCUT2D eigenvalue weighted by Crippen LogP contribution is 2.61. The molecule has 4 aromatic carbocycles. The third-order valence-corrected chi connectivity index (χ3v) is 9.26. The number of carbonyl (C=O) groups excluding carboxylic acids is 1. The molecule has 0 radical (unpaired) electrons. The molecule has 6 rings (SSSR count). The Hall–Kier alpha value is -4.17. The highest BCUT2D eigenvalue weighted by molar-refractivity contribution is 6.10. The second kappa shape index (κ2) is 9.54. The van der Waals surface area contributed by atoms with Crippen LogP contribution in [0.3, 0.4) is 0 Å². The van der Waals surface area contributed by atoms with Crippen molar-refractivity contribution in [2.45, 2.75) is 38.1 Å². The molecule has 0 saturated heterocycles. The van der Waals surface area contributed by atoms with Crippen molar-refractivity contribution in [1.29, 1.82) is 0 Å². The van der Waals surface area contributed by atoms with Crippen LogP contribution in [0.4, 0.5) is 5.69 Å². The number of nitrogens with zero attached hydrogens (tertiary/aromatic N) is 1. The Kier molecular flexibility index (Phi) is 6.14. The largest absolute Gasteiger partial charge is 0.363 e. The molecule has 4 aromatic rings. The highest BCUT2D eigenvalue weighted by atomic mass is 16.1. The zero-order valence-corrected chi connectivity index (χ0v) is 23.2. The standard InChI is InChI=1S/C37H35NO/c1-5-36(3)32-18-12-13-19-33(32)38(4)37(36)25-30(27-14-8-6-9-15-27)24-31(28-22-20-26(2)21-23-28)34(37)35(39)29-16-10-7-11-17-29/h6-25,34H,5H2,1-4H3. The second-order valence-electron chi connectivity index (χ2n) is 11.2. The number of fused-ring (bicyclic) bond motifs is 1. The Bertz CT molecular complexity index is 1580. The molecule has 3 atom stereocenters. The summed E-state index contributed by atoms with van der Waals surface area (Å²) in [5.74, 6) is -0.248. The maximum Gasteiger partial charge on any atom is 0.173 e. The van der Waals surface area contributed by atoms with Crippen molar-refractivity contribution in [2.75, 3.05) is 11.9 Å². The zero-order valence-electron chi connectivity index (χ0n) is 23.2. The van der Waals surface area contributed by atoms with Crippen LogP contribution < -0.4 is 4.90 Å². The number of allylic oxidation sites excluding steroid dienone is 2. The Morgan fingerprint density at radius 2 is 1.41 bits per heavy atom. The summed E-state index contributed by atoms with van der Waals surface area (Å²) in [4.78, 5) is 17.3. The van der Waals surface area contributed by atoms with E-state index in [1.807, 2.05) is 30.3 Å². The Balaban J connectivity index is 1.70. The summed E-state index contributed by atoms with van der Waals surface area (Å²) >= 11 is 0. The fourth-order valence-corrected chi connectivity index (χ4v) is 7.01. The average Bonchev–Trinajstić information content (AvgIpc) is 3.17. The van der Waals surface area contributed by atoms with Gasteiger partial charge >= 0.3 is 0 Å². The van der Waals surface area contributed by atoms with Crippen LogP contribution in [0.5, 0.6) is 0 Å². The summed E-state index contributed by atoms with van der Waals surface area (Å²) in [5, 5.41) is 0. The van der Waals surface area contributed by atoms with E-state index in [1.165, 1.54) is 16.8 Å². The number of benzene rings is 4. The molecular weight excluding hydrogens is 474 g/mol. The number of hydrogen-bond donors (Lipinski definition) is 0. The summed E-state index contributed by atoms with van der Waals surface area (Å²) < 4.78 is 0. The predicted molar refractivity (Wildman–Crippen MR) is 163 cm³/mol. The number of ketones is 1. The summed E-state index contributed by atoms with van der Waals surface area (Å²) in [6.07, 6.45) is 5.57. The minimum atomic E-state index is -0.613. The lowest BCUT2D eigenvalue weighted by Crippen LogP contribution is -2.62. The van der Waals surface area contributed by atoms with Gasteiger partial charge in [0.05, 0.1) is 11.5 Å². The minimum Gasteiger partial charge on any atom is -0.363 e. The summed E-state index contributed by atoms with van der Waals surface area (Å²) in [6.45, 7) is 6.73. The van der Waals surface area contributed by atoms with Gasteiger partial charge in [0.25, 0.3) is 0 Å². The van der Waals surface area contributed by atoms with Gasteiger partial charge in [-0.15, -0.1) is 0 Å². The first-order valence-electron chi connectivity index (χ1n) is 13.9. The third kappa shape index (κ3) is 3.73. The van der Waals surface area contributed by atoms with Gasteiger partial charge in [-0.3, -0.25) is 4.79 Å². The number of aryl methyl sites for hydroxylation is 1. The van der Waals surface area contributed by atoms with Crippen molar-refractivity contribution in [3.05, 3.63) is 149 Å². The molecule has 2 aliphatic rings. The molecule has 2 nitrogen and oxygen atoms in total. The van der Waals surface area contributed by atoms with Crippen molar-refractivity contribution in [2.24, 2.45) is 5.92 Å². The second-order valence-corrected chi connectivity index (χ2v) is 11.2. The van der Waals surface area contributed by atoms with E-state index in [-0.39, 0.29) is 11.2 Å². The Morgan fingerprint density at radius 1 is 0.795 bits per heavy atom. The van der Waals surface area contributed by atoms with Crippen LogP contribution >= 0.6 is 0 Å². The van der Waals surface area contributed by atoms with E-state index in [0.29, 0.717) is 0 Å². The SMILES string of the molecule is CCC1(C)c2ccccc2N(C)C12C=C(c1ccccc1)C=C(c1ccc(C)cc1)C2C(=O)c1ccccc1. The van der Waals surface area contributed by atoms with Crippen molar-refractivity contribution in [3.8, 4) is 0 Å². The maximum atomic E-state index is 14.9. The first-order chi connectivity index (χ1) is 18.9. The van der Waals surface area contributed by atoms with E-state index < -0.39 is 11.5 Å². The Morgan fingerprint density at radius 3 is 2.08 bits per heavy atom. The molecular formula is C37H35NO. The van der Waals surface area contributed by atoms with E-state index in [4.69, 9.17) is 0 Å². The van der Waals surface area contributed by atoms with Gasteiger partial charge in [0.2, 0.25) is 0 Å². The molecule has 0 N–H and O–H groups in total. The van der Waals surface area contributed by atoms with Crippen LogP contribution in [-0.4, -0.2) is 18.4 Å². The molecule has 0 saturated carbocycles. The van der Waals surface area contributed by atoms with E-state index in [2.05, 4.69) is 124 Å². The van der Waals surface area contributed by atoms with Gasteiger partial charge in [0.15, 0.2) is 5.78 Å². The summed E-state index contributed by atoms with van der Waals surface area (Å²) in [6, 6.07) is 37.8. The number of Topliss-reactive ketones (excluding diaryl/α,β-unsaturated/α-hetero) is 1. The molecule has 0 aromatic heterocycles. The fraction of sp³-hybridized carbons (Fsp3) is 0.216. The van der Waals surface area contributed by atoms with E-state index in [0.717, 1.165) is 34.3 Å². The zero-order chi connectivity index (χ0) is 27.2. The van der Waals surface area contributed by atoms with Crippen molar-refractivity contribution in [1.82, 2.24) is 0 Å². The fourth-order valence-electron chi connectivity index (χ4n) is 7.01. The van der Waals surface area contributed by atoms with Crippen LogP contribution in [0.25, 0.3) is 11.1 Å². The summed E-state index contributed by atoms with van der Waals surface area (Å²) in [5.41, 5.74) is 8.02. The van der Waals surface area contributed by atoms with Crippen LogP contribution in [0.2, 0.25) is 0 Å². The normalized spacial score (nSPS) is 23.8. The highest BCUT2D eigenvalue weighted by Gasteiger charge is 2.63. The molecule has 3 unspecified atom stereocenters. The van der Waals surface area contributed by atoms with Gasteiger partial charge in [0.1, 0.15) is 0 Å². The van der Waals surface area contributed by atoms with Crippen LogP contribution in [0.15, 0.2) is 121 Å². The minimum absolute atomic E-state index is 0.158. The number of rotatable bonds is 5. The van der Waals surface area contributed by atoms with Crippen LogP contribution in [0, 0.1) is 12.8 Å². The maximum absolute atomic E-state index is 14.9. The van der Waals surface area contributed by atoms with Crippen molar-refractivity contribution >= 4 is 22.6 Å². The molecule has 1 heterocycles. The third-order valence-electron chi connectivity index (χ3n) is 9.26. The number of likely N-dealkylation sites (N-methyl/N-ethyl adjacent to an activating group) is 1. The quantitative estimate of drug-likeness (QED) is 0.251. The first-order valence-corrected chi connectivity index (χ1v) is 13.9.